The number of ketones is 1. The van der Waals surface area contributed by atoms with Gasteiger partial charge in [0.2, 0.25) is 0 Å². The van der Waals surface area contributed by atoms with E-state index in [9.17, 15) is 34.2 Å². The summed E-state index contributed by atoms with van der Waals surface area (Å²) in [5, 5.41) is 27.8. The zero-order valence-electron chi connectivity index (χ0n) is 36.2. The van der Waals surface area contributed by atoms with Crippen molar-refractivity contribution in [3.05, 3.63) is 119 Å². The molecule has 0 spiro atoms. The minimum absolute atomic E-state index is 0.106. The molecule has 3 aromatic carbocycles. The number of rotatable bonds is 11. The Balaban J connectivity index is 1.40. The Morgan fingerprint density at radius 3 is 1.97 bits per heavy atom. The van der Waals surface area contributed by atoms with Gasteiger partial charge >= 0.3 is 23.9 Å². The number of Topliss-reactive ketones (excluding diaryl/α,β-unsaturated/α-hetero) is 1. The van der Waals surface area contributed by atoms with Crippen molar-refractivity contribution in [3.8, 4) is 0 Å². The van der Waals surface area contributed by atoms with E-state index in [-0.39, 0.29) is 35.3 Å². The molecule has 334 valence electrons. The number of aliphatic hydroxyl groups is 2. The lowest BCUT2D eigenvalue weighted by molar-refractivity contribution is -0.331. The van der Waals surface area contributed by atoms with Crippen LogP contribution in [0.15, 0.2) is 102 Å². The van der Waals surface area contributed by atoms with Crippen LogP contribution in [0.2, 0.25) is 0 Å². The second-order valence-corrected chi connectivity index (χ2v) is 18.6. The van der Waals surface area contributed by atoms with Crippen LogP contribution in [-0.2, 0) is 42.9 Å². The fourth-order valence-electron chi connectivity index (χ4n) is 10.5. The predicted molar refractivity (Wildman–Crippen MR) is 229 cm³/mol. The zero-order valence-corrected chi connectivity index (χ0v) is 37.0. The summed E-state index contributed by atoms with van der Waals surface area (Å²) >= 11 is 1.34. The van der Waals surface area contributed by atoms with Crippen molar-refractivity contribution in [3.63, 3.8) is 0 Å². The van der Waals surface area contributed by atoms with Gasteiger partial charge in [-0.2, -0.15) is 11.8 Å². The standard InChI is InChI=1S/C48H53NO13S/c1-26-32(60-44(56)37(52)36(29-17-11-8-12-18-29)49-42(54)30-19-13-9-14-20-30)24-48(57)41(61-43(55)31-21-15-10-16-22-31)39-46(6,40(53)38(59-27(2)50)35(26)45(48,4)5)34(63-7)23-33-47(39,25-58-33)62-28(3)51/h8-22,32-34,36-39,41,52,57H,23-25H2,1-7H3,(H,49,54)/t32-,33+,34-,36-,37+,38+,39-,41-,46+,47-,48+/m0/s1. The first-order valence-electron chi connectivity index (χ1n) is 20.9. The second kappa shape index (κ2) is 17.3. The Morgan fingerprint density at radius 2 is 1.43 bits per heavy atom. The van der Waals surface area contributed by atoms with Crippen molar-refractivity contribution in [1.82, 2.24) is 5.32 Å². The molecule has 1 aliphatic heterocycles. The Morgan fingerprint density at radius 1 is 0.841 bits per heavy atom. The maximum atomic E-state index is 15.8. The van der Waals surface area contributed by atoms with Crippen molar-refractivity contribution >= 4 is 47.3 Å². The lowest BCUT2D eigenvalue weighted by Crippen LogP contribution is -2.81. The Kier molecular flexibility index (Phi) is 12.6. The van der Waals surface area contributed by atoms with E-state index < -0.39 is 112 Å². The summed E-state index contributed by atoms with van der Waals surface area (Å²) in [6.07, 6.45) is -6.01. The Bertz CT molecular complexity index is 2300. The molecule has 3 fully saturated rings. The highest BCUT2D eigenvalue weighted by atomic mass is 32.2. The van der Waals surface area contributed by atoms with Gasteiger partial charge in [0.15, 0.2) is 23.6 Å². The first-order chi connectivity index (χ1) is 29.8. The van der Waals surface area contributed by atoms with Gasteiger partial charge in [0, 0.05) is 36.5 Å². The summed E-state index contributed by atoms with van der Waals surface area (Å²) < 4.78 is 31.0. The van der Waals surface area contributed by atoms with Crippen LogP contribution >= 0.6 is 11.8 Å². The SMILES string of the molecule is CS[C@H]1C[C@H]2OC[C@@]2(OC(C)=O)[C@H]2[C@H](OC(=O)c3ccccc3)[C@]3(O)C[C@H](OC(=O)[C@H](O)[C@@H](NC(=O)c4ccccc4)c4ccccc4)C(C)=C([C@@H](OC(C)=O)C(=O)[C@]12C)C3(C)C. The third kappa shape index (κ3) is 7.76. The summed E-state index contributed by atoms with van der Waals surface area (Å²) in [6, 6.07) is 23.4. The van der Waals surface area contributed by atoms with Crippen LogP contribution in [0, 0.1) is 16.7 Å². The number of hydrogen-bond donors (Lipinski definition) is 3. The van der Waals surface area contributed by atoms with Gasteiger partial charge in [0.25, 0.3) is 5.91 Å². The lowest BCUT2D eigenvalue weighted by Gasteiger charge is -2.68. The van der Waals surface area contributed by atoms with E-state index in [2.05, 4.69) is 5.32 Å². The molecule has 2 saturated carbocycles. The smallest absolute Gasteiger partial charge is 0.338 e. The van der Waals surface area contributed by atoms with Crippen molar-refractivity contribution in [1.29, 1.82) is 0 Å². The van der Waals surface area contributed by atoms with Gasteiger partial charge in [-0.25, -0.2) is 9.59 Å². The van der Waals surface area contributed by atoms with Crippen LogP contribution in [0.3, 0.4) is 0 Å². The van der Waals surface area contributed by atoms with Crippen molar-refractivity contribution < 1.29 is 62.7 Å². The molecule has 3 aliphatic carbocycles. The number of carbonyl (C=O) groups is 6. The molecule has 7 rings (SSSR count). The molecule has 0 aromatic heterocycles. The summed E-state index contributed by atoms with van der Waals surface area (Å²) in [5.41, 5.74) is -5.99. The van der Waals surface area contributed by atoms with E-state index in [0.29, 0.717) is 5.56 Å². The number of esters is 4. The number of carbonyl (C=O) groups excluding carboxylic acids is 6. The first kappa shape index (κ1) is 45.7. The number of benzene rings is 3. The number of aliphatic hydroxyl groups excluding tert-OH is 1. The summed E-state index contributed by atoms with van der Waals surface area (Å²) in [6.45, 7) is 8.67. The monoisotopic (exact) mass is 883 g/mol. The number of fused-ring (bicyclic) bond motifs is 5. The van der Waals surface area contributed by atoms with Gasteiger partial charge in [-0.05, 0) is 60.6 Å². The van der Waals surface area contributed by atoms with Gasteiger partial charge in [-0.3, -0.25) is 19.2 Å². The van der Waals surface area contributed by atoms with Crippen LogP contribution in [0.1, 0.15) is 86.7 Å². The molecule has 11 atom stereocenters. The molecule has 63 heavy (non-hydrogen) atoms. The van der Waals surface area contributed by atoms with E-state index in [0.717, 1.165) is 6.92 Å². The lowest BCUT2D eigenvalue weighted by atomic mass is 9.45. The molecule has 1 heterocycles. The van der Waals surface area contributed by atoms with E-state index >= 15 is 4.79 Å². The fourth-order valence-corrected chi connectivity index (χ4v) is 11.6. The highest BCUT2D eigenvalue weighted by molar-refractivity contribution is 7.99. The average Bonchev–Trinajstić information content (AvgIpc) is 3.25. The molecule has 0 unspecified atom stereocenters. The van der Waals surface area contributed by atoms with Crippen LogP contribution in [0.5, 0.6) is 0 Å². The van der Waals surface area contributed by atoms with Crippen LogP contribution in [-0.4, -0.2) is 106 Å². The van der Waals surface area contributed by atoms with Crippen molar-refractivity contribution in [2.45, 2.75) is 107 Å². The number of hydrogen-bond acceptors (Lipinski definition) is 14. The molecule has 1 saturated heterocycles. The molecule has 0 radical (unpaired) electrons. The van der Waals surface area contributed by atoms with Crippen molar-refractivity contribution in [2.75, 3.05) is 12.9 Å². The first-order valence-corrected chi connectivity index (χ1v) is 22.1. The average molecular weight is 884 g/mol. The summed E-state index contributed by atoms with van der Waals surface area (Å²) in [5.74, 6) is -6.06. The molecule has 1 amide bonds. The van der Waals surface area contributed by atoms with Crippen LogP contribution in [0.4, 0.5) is 0 Å². The molecular weight excluding hydrogens is 831 g/mol. The quantitative estimate of drug-likeness (QED) is 0.130. The van der Waals surface area contributed by atoms with Crippen molar-refractivity contribution in [2.24, 2.45) is 16.7 Å². The minimum Gasteiger partial charge on any atom is -0.456 e. The van der Waals surface area contributed by atoms with Crippen LogP contribution < -0.4 is 5.32 Å². The van der Waals surface area contributed by atoms with Gasteiger partial charge in [-0.15, -0.1) is 0 Å². The summed E-state index contributed by atoms with van der Waals surface area (Å²) in [4.78, 5) is 84.2. The normalized spacial score (nSPS) is 31.5. The molecule has 3 N–H and O–H groups in total. The number of nitrogens with one attached hydrogen (secondary N) is 1. The van der Waals surface area contributed by atoms with E-state index in [4.69, 9.17) is 23.7 Å². The fraction of sp³-hybridized carbons (Fsp3) is 0.458. The highest BCUT2D eigenvalue weighted by Crippen LogP contribution is 2.65. The van der Waals surface area contributed by atoms with Gasteiger partial charge in [-0.1, -0.05) is 87.5 Å². The van der Waals surface area contributed by atoms with E-state index in [1.165, 1.54) is 30.8 Å². The van der Waals surface area contributed by atoms with Gasteiger partial charge in [0.1, 0.15) is 23.9 Å². The third-order valence-electron chi connectivity index (χ3n) is 13.7. The number of ether oxygens (including phenoxy) is 5. The molecule has 4 aliphatic rings. The molecule has 3 aromatic rings. The maximum absolute atomic E-state index is 15.8. The van der Waals surface area contributed by atoms with E-state index in [1.54, 1.807) is 113 Å². The van der Waals surface area contributed by atoms with Gasteiger partial charge < -0.3 is 39.2 Å². The largest absolute Gasteiger partial charge is 0.456 e. The molecule has 14 nitrogen and oxygen atoms in total. The molecule has 2 bridgehead atoms. The van der Waals surface area contributed by atoms with E-state index in [1.807, 2.05) is 0 Å². The Hall–Kier alpha value is -5.35. The molecular formula is C48H53NO13S. The number of thioether (sulfide) groups is 1. The molecule has 15 heteroatoms. The summed E-state index contributed by atoms with van der Waals surface area (Å²) in [7, 11) is 0. The van der Waals surface area contributed by atoms with Gasteiger partial charge in [0.05, 0.1) is 29.5 Å². The second-order valence-electron chi connectivity index (χ2n) is 17.6. The Labute approximate surface area is 370 Å². The zero-order chi connectivity index (χ0) is 45.6. The predicted octanol–water partition coefficient (Wildman–Crippen LogP) is 5.11. The highest BCUT2D eigenvalue weighted by Gasteiger charge is 2.78. The minimum atomic E-state index is -2.29. The van der Waals surface area contributed by atoms with Crippen LogP contribution in [0.25, 0.3) is 0 Å². The topological polar surface area (TPSA) is 201 Å². The third-order valence-corrected chi connectivity index (χ3v) is 15.0. The maximum Gasteiger partial charge on any atom is 0.338 e. The number of amides is 1.